The van der Waals surface area contributed by atoms with Crippen molar-refractivity contribution < 1.29 is 9.53 Å². The van der Waals surface area contributed by atoms with Crippen LogP contribution in [0.1, 0.15) is 12.5 Å². The average Bonchev–Trinajstić information content (AvgIpc) is 2.75. The number of nitrogens with zero attached hydrogens (tertiary/aromatic N) is 3. The number of fused-ring (bicyclic) bond motifs is 1. The molecule has 2 aromatic heterocycles. The van der Waals surface area contributed by atoms with Gasteiger partial charge in [-0.1, -0.05) is 18.2 Å². The van der Waals surface area contributed by atoms with Gasteiger partial charge in [0.25, 0.3) is 5.91 Å². The normalized spacial score (nSPS) is 11.8. The molecule has 0 unspecified atom stereocenters. The first-order valence-electron chi connectivity index (χ1n) is 9.31. The first kappa shape index (κ1) is 18.6. The molecule has 4 rings (SSSR count). The first-order chi connectivity index (χ1) is 14.1. The van der Waals surface area contributed by atoms with Crippen molar-refractivity contribution in [3.63, 3.8) is 0 Å². The third-order valence-electron chi connectivity index (χ3n) is 4.44. The van der Waals surface area contributed by atoms with E-state index >= 15 is 0 Å². The fourth-order valence-corrected chi connectivity index (χ4v) is 2.83. The molecule has 144 valence electrons. The monoisotopic (exact) mass is 384 g/mol. The minimum Gasteiger partial charge on any atom is -0.481 e. The van der Waals surface area contributed by atoms with Crippen LogP contribution >= 0.6 is 0 Å². The van der Waals surface area contributed by atoms with Crippen molar-refractivity contribution in [3.8, 4) is 17.0 Å². The Morgan fingerprint density at radius 3 is 2.41 bits per heavy atom. The van der Waals surface area contributed by atoms with E-state index in [-0.39, 0.29) is 5.91 Å². The minimum atomic E-state index is -0.663. The number of nitrogens with one attached hydrogen (secondary N) is 1. The molecular formula is C23H20N4O2. The van der Waals surface area contributed by atoms with Crippen molar-refractivity contribution >= 4 is 22.8 Å². The number of ether oxygens (including phenoxy) is 1. The van der Waals surface area contributed by atoms with E-state index in [0.717, 1.165) is 27.9 Å². The molecule has 0 radical (unpaired) electrons. The number of hydrogen-bond donors (Lipinski definition) is 1. The van der Waals surface area contributed by atoms with Crippen LogP contribution in [-0.4, -0.2) is 27.0 Å². The fourth-order valence-electron chi connectivity index (χ4n) is 2.83. The van der Waals surface area contributed by atoms with Crippen molar-refractivity contribution in [2.75, 3.05) is 5.32 Å². The zero-order valence-electron chi connectivity index (χ0n) is 16.2. The van der Waals surface area contributed by atoms with Crippen molar-refractivity contribution in [1.29, 1.82) is 0 Å². The molecule has 2 aromatic carbocycles. The van der Waals surface area contributed by atoms with Gasteiger partial charge in [-0.2, -0.15) is 0 Å². The number of hydrogen-bond acceptors (Lipinski definition) is 5. The number of pyridine rings is 1. The molecule has 0 aliphatic rings. The van der Waals surface area contributed by atoms with Gasteiger partial charge in [-0.25, -0.2) is 9.97 Å². The van der Waals surface area contributed by atoms with E-state index in [2.05, 4.69) is 20.3 Å². The fraction of sp³-hybridized carbons (Fsp3) is 0.130. The number of para-hydroxylation sites is 2. The topological polar surface area (TPSA) is 77.0 Å². The molecule has 1 N–H and O–H groups in total. The van der Waals surface area contributed by atoms with Crippen molar-refractivity contribution in [3.05, 3.63) is 78.6 Å². The van der Waals surface area contributed by atoms with E-state index < -0.39 is 6.10 Å². The second kappa shape index (κ2) is 8.06. The molecule has 29 heavy (non-hydrogen) atoms. The second-order valence-electron chi connectivity index (χ2n) is 6.74. The highest BCUT2D eigenvalue weighted by Crippen LogP contribution is 2.22. The Morgan fingerprint density at radius 2 is 1.69 bits per heavy atom. The first-order valence-corrected chi connectivity index (χ1v) is 9.31. The third-order valence-corrected chi connectivity index (χ3v) is 4.44. The van der Waals surface area contributed by atoms with Crippen molar-refractivity contribution in [2.24, 2.45) is 0 Å². The van der Waals surface area contributed by atoms with Gasteiger partial charge >= 0.3 is 0 Å². The molecule has 0 aliphatic carbocycles. The summed E-state index contributed by atoms with van der Waals surface area (Å²) in [5, 5.41) is 2.75. The summed E-state index contributed by atoms with van der Waals surface area (Å²) in [5.74, 6) is 0.842. The molecule has 2 heterocycles. The molecule has 1 atom stereocenters. The number of aryl methyl sites for hydroxylation is 1. The van der Waals surface area contributed by atoms with Gasteiger partial charge in [0.2, 0.25) is 0 Å². The Balaban J connectivity index is 1.43. The van der Waals surface area contributed by atoms with Gasteiger partial charge < -0.3 is 10.1 Å². The summed E-state index contributed by atoms with van der Waals surface area (Å²) >= 11 is 0. The van der Waals surface area contributed by atoms with Crippen LogP contribution in [0.25, 0.3) is 22.3 Å². The maximum atomic E-state index is 12.3. The summed E-state index contributed by atoms with van der Waals surface area (Å²) in [4.78, 5) is 25.6. The molecule has 0 saturated carbocycles. The lowest BCUT2D eigenvalue weighted by molar-refractivity contribution is -0.122. The van der Waals surface area contributed by atoms with Gasteiger partial charge in [-0.05, 0) is 61.9 Å². The highest BCUT2D eigenvalue weighted by atomic mass is 16.5. The number of benzene rings is 2. The minimum absolute atomic E-state index is 0.258. The maximum Gasteiger partial charge on any atom is 0.266 e. The van der Waals surface area contributed by atoms with Crippen LogP contribution in [0.2, 0.25) is 0 Å². The molecule has 6 heteroatoms. The van der Waals surface area contributed by atoms with E-state index in [1.54, 1.807) is 25.4 Å². The lowest BCUT2D eigenvalue weighted by atomic mass is 10.1. The summed E-state index contributed by atoms with van der Waals surface area (Å²) in [6.07, 6.45) is 2.79. The van der Waals surface area contributed by atoms with Crippen molar-refractivity contribution in [1.82, 2.24) is 15.0 Å². The molecule has 0 spiro atoms. The predicted molar refractivity (Wildman–Crippen MR) is 113 cm³/mol. The highest BCUT2D eigenvalue weighted by Gasteiger charge is 2.15. The Bertz CT molecular complexity index is 1140. The van der Waals surface area contributed by atoms with E-state index in [1.165, 1.54) is 0 Å². The third kappa shape index (κ3) is 4.38. The van der Waals surface area contributed by atoms with Crippen LogP contribution in [-0.2, 0) is 4.79 Å². The lowest BCUT2D eigenvalue weighted by Crippen LogP contribution is -2.30. The van der Waals surface area contributed by atoms with E-state index in [0.29, 0.717) is 11.6 Å². The predicted octanol–water partition coefficient (Wildman–Crippen LogP) is 4.41. The number of aromatic nitrogens is 3. The Labute approximate surface area is 168 Å². The van der Waals surface area contributed by atoms with E-state index in [1.807, 2.05) is 61.5 Å². The number of carbonyl (C=O) groups excluding carboxylic acids is 1. The number of amides is 1. The zero-order chi connectivity index (χ0) is 20.2. The molecule has 1 amide bonds. The van der Waals surface area contributed by atoms with E-state index in [9.17, 15) is 4.79 Å². The Morgan fingerprint density at radius 1 is 0.931 bits per heavy atom. The zero-order valence-corrected chi connectivity index (χ0v) is 16.2. The molecule has 6 nitrogen and oxygen atoms in total. The maximum absolute atomic E-state index is 12.3. The summed E-state index contributed by atoms with van der Waals surface area (Å²) in [5.41, 5.74) is 4.45. The smallest absolute Gasteiger partial charge is 0.266 e. The molecule has 0 saturated heterocycles. The number of carbonyl (C=O) groups is 1. The molecule has 0 bridgehead atoms. The summed E-state index contributed by atoms with van der Waals surface area (Å²) in [6.45, 7) is 3.64. The van der Waals surface area contributed by atoms with Gasteiger partial charge in [0.05, 0.1) is 22.9 Å². The average molecular weight is 384 g/mol. The van der Waals surface area contributed by atoms with Crippen LogP contribution in [0.15, 0.2) is 73.1 Å². The molecule has 0 fully saturated rings. The van der Waals surface area contributed by atoms with Gasteiger partial charge in [0.1, 0.15) is 11.6 Å². The number of rotatable bonds is 5. The number of anilines is 1. The SMILES string of the molecule is Cc1ccc(NC(=O)[C@H](C)Oc2ccc(-c3cnc4ccccc4n3)cc2)nc1. The van der Waals surface area contributed by atoms with E-state index in [4.69, 9.17) is 4.74 Å². The van der Waals surface area contributed by atoms with Crippen LogP contribution in [0.4, 0.5) is 5.82 Å². The standard InChI is InChI=1S/C23H20N4O2/c1-15-7-12-22(25-13-15)27-23(28)16(2)29-18-10-8-17(9-11-18)21-14-24-19-5-3-4-6-20(19)26-21/h3-14,16H,1-2H3,(H,25,27,28)/t16-/m0/s1. The van der Waals surface area contributed by atoms with Gasteiger partial charge in [-0.3, -0.25) is 9.78 Å². The molecule has 0 aliphatic heterocycles. The largest absolute Gasteiger partial charge is 0.481 e. The summed E-state index contributed by atoms with van der Waals surface area (Å²) in [6, 6.07) is 18.8. The summed E-state index contributed by atoms with van der Waals surface area (Å²) < 4.78 is 5.76. The van der Waals surface area contributed by atoms with Gasteiger partial charge in [0.15, 0.2) is 6.10 Å². The van der Waals surface area contributed by atoms with Crippen LogP contribution < -0.4 is 10.1 Å². The molecule has 4 aromatic rings. The van der Waals surface area contributed by atoms with Crippen LogP contribution in [0, 0.1) is 6.92 Å². The quantitative estimate of drug-likeness (QED) is 0.552. The second-order valence-corrected chi connectivity index (χ2v) is 6.74. The van der Waals surface area contributed by atoms with Crippen LogP contribution in [0.3, 0.4) is 0 Å². The van der Waals surface area contributed by atoms with Gasteiger partial charge in [-0.15, -0.1) is 0 Å². The Hall–Kier alpha value is -3.80. The lowest BCUT2D eigenvalue weighted by Gasteiger charge is -2.14. The van der Waals surface area contributed by atoms with Crippen LogP contribution in [0.5, 0.6) is 5.75 Å². The highest BCUT2D eigenvalue weighted by molar-refractivity contribution is 5.93. The Kier molecular flexibility index (Phi) is 5.16. The van der Waals surface area contributed by atoms with Gasteiger partial charge in [0, 0.05) is 11.8 Å². The van der Waals surface area contributed by atoms with Crippen molar-refractivity contribution in [2.45, 2.75) is 20.0 Å². The molecular weight excluding hydrogens is 364 g/mol. The summed E-state index contributed by atoms with van der Waals surface area (Å²) in [7, 11) is 0.